The van der Waals surface area contributed by atoms with E-state index in [1.165, 1.54) is 0 Å². The molecule has 0 aliphatic carbocycles. The maximum Gasteiger partial charge on any atom is 0.369 e. The Bertz CT molecular complexity index is 382. The first kappa shape index (κ1) is 23.1. The second-order valence-corrected chi connectivity index (χ2v) is 8.67. The zero-order valence-corrected chi connectivity index (χ0v) is 14.5. The molecule has 0 spiro atoms. The summed E-state index contributed by atoms with van der Waals surface area (Å²) in [6, 6.07) is 0. The van der Waals surface area contributed by atoms with Crippen molar-refractivity contribution in [1.29, 1.82) is 0 Å². The van der Waals surface area contributed by atoms with Crippen LogP contribution in [-0.2, 0) is 28.1 Å². The lowest BCUT2D eigenvalue weighted by molar-refractivity contribution is -0.0199. The third-order valence-corrected chi connectivity index (χ3v) is 6.65. The second kappa shape index (κ2) is 10.9. The van der Waals surface area contributed by atoms with Crippen LogP contribution in [-0.4, -0.2) is 82.6 Å². The average Bonchev–Trinajstić information content (AvgIpc) is 2.42. The summed E-state index contributed by atoms with van der Waals surface area (Å²) in [5.41, 5.74) is 0. The van der Waals surface area contributed by atoms with Gasteiger partial charge in [-0.25, -0.2) is 0 Å². The number of ether oxygens (including phenoxy) is 4. The Morgan fingerprint density at radius 1 is 0.739 bits per heavy atom. The molecule has 0 unspecified atom stereocenters. The van der Waals surface area contributed by atoms with Gasteiger partial charge in [-0.2, -0.15) is 0 Å². The fraction of sp³-hybridized carbons (Fsp3) is 1.00. The number of aliphatic hydroxyl groups is 1. The van der Waals surface area contributed by atoms with Crippen molar-refractivity contribution in [3.8, 4) is 0 Å². The summed E-state index contributed by atoms with van der Waals surface area (Å²) < 4.78 is 42.2. The Morgan fingerprint density at radius 2 is 1.09 bits per heavy atom. The van der Waals surface area contributed by atoms with E-state index in [0.717, 1.165) is 0 Å². The summed E-state index contributed by atoms with van der Waals surface area (Å²) in [7, 11) is -10.4. The molecule has 0 rings (SSSR count). The van der Waals surface area contributed by atoms with Gasteiger partial charge in [0.05, 0.1) is 52.9 Å². The van der Waals surface area contributed by atoms with Crippen LogP contribution in [0.15, 0.2) is 0 Å². The molecule has 140 valence electrons. The highest BCUT2D eigenvalue weighted by atomic mass is 31.2. The van der Waals surface area contributed by atoms with E-state index in [9.17, 15) is 9.13 Å². The molecule has 0 amide bonds. The molecule has 0 bridgehead atoms. The van der Waals surface area contributed by atoms with Gasteiger partial charge in [0.2, 0.25) is 0 Å². The molecule has 5 N–H and O–H groups in total. The van der Waals surface area contributed by atoms with Crippen molar-refractivity contribution in [2.45, 2.75) is 12.0 Å². The Kier molecular flexibility index (Phi) is 10.9. The van der Waals surface area contributed by atoms with Gasteiger partial charge in [-0.1, -0.05) is 0 Å². The van der Waals surface area contributed by atoms with Crippen LogP contribution in [0, 0.1) is 0 Å². The first-order valence-electron chi connectivity index (χ1n) is 6.65. The van der Waals surface area contributed by atoms with Gasteiger partial charge in [-0.3, -0.25) is 9.13 Å². The number of aliphatic hydroxyl groups excluding tert-OH is 1. The molecule has 23 heavy (non-hydrogen) atoms. The largest absolute Gasteiger partial charge is 0.394 e. The predicted octanol–water partition coefficient (Wildman–Crippen LogP) is -0.926. The van der Waals surface area contributed by atoms with Crippen molar-refractivity contribution < 1.29 is 52.8 Å². The van der Waals surface area contributed by atoms with Crippen molar-refractivity contribution in [2.24, 2.45) is 0 Å². The van der Waals surface area contributed by atoms with E-state index in [1.54, 1.807) is 0 Å². The van der Waals surface area contributed by atoms with E-state index < -0.39 is 26.9 Å². The molecule has 0 aromatic carbocycles. The van der Waals surface area contributed by atoms with Gasteiger partial charge in [0.15, 0.2) is 0 Å². The molecular weight excluding hydrogens is 358 g/mol. The Hall–Kier alpha value is 0.1000. The lowest BCUT2D eigenvalue weighted by Crippen LogP contribution is -2.30. The topological polar surface area (TPSA) is 172 Å². The van der Waals surface area contributed by atoms with E-state index in [1.807, 2.05) is 0 Å². The molecule has 0 aromatic rings. The summed E-state index contributed by atoms with van der Waals surface area (Å²) in [4.78, 5) is 36.2. The van der Waals surface area contributed by atoms with Gasteiger partial charge in [-0.05, 0) is 6.92 Å². The minimum absolute atomic E-state index is 0.0642. The van der Waals surface area contributed by atoms with Crippen LogP contribution < -0.4 is 0 Å². The lowest BCUT2D eigenvalue weighted by Gasteiger charge is -2.30. The predicted molar refractivity (Wildman–Crippen MR) is 78.0 cm³/mol. The SMILES string of the molecule is CC(OCCOCCOCCOCCO)(P(=O)(O)O)P(=O)(O)O. The molecular formula is C10H24O11P2. The first-order valence-corrected chi connectivity index (χ1v) is 9.88. The minimum atomic E-state index is -5.19. The lowest BCUT2D eigenvalue weighted by atomic mass is 10.7. The van der Waals surface area contributed by atoms with Crippen molar-refractivity contribution in [2.75, 3.05) is 52.9 Å². The molecule has 0 aromatic heterocycles. The highest BCUT2D eigenvalue weighted by Crippen LogP contribution is 2.69. The standard InChI is InChI=1S/C10H24O11P2/c1-10(22(12,13)14,23(15,16)17)21-9-8-20-7-6-19-5-4-18-3-2-11/h11H,2-9H2,1H3,(H2,12,13,14)(H2,15,16,17). The number of rotatable bonds is 14. The molecule has 0 saturated carbocycles. The van der Waals surface area contributed by atoms with Gasteiger partial charge in [-0.15, -0.1) is 0 Å². The number of hydrogen-bond acceptors (Lipinski definition) is 7. The van der Waals surface area contributed by atoms with E-state index in [2.05, 4.69) is 0 Å². The van der Waals surface area contributed by atoms with Gasteiger partial charge >= 0.3 is 15.2 Å². The average molecular weight is 382 g/mol. The second-order valence-electron chi connectivity index (χ2n) is 4.43. The van der Waals surface area contributed by atoms with Crippen LogP contribution in [0.2, 0.25) is 0 Å². The van der Waals surface area contributed by atoms with E-state index in [-0.39, 0.29) is 33.0 Å². The van der Waals surface area contributed by atoms with Crippen LogP contribution >= 0.6 is 15.2 Å². The Balaban J connectivity index is 3.86. The summed E-state index contributed by atoms with van der Waals surface area (Å²) in [5, 5.41) is 5.55. The maximum absolute atomic E-state index is 11.2. The Labute approximate surface area is 133 Å². The van der Waals surface area contributed by atoms with Crippen LogP contribution in [0.5, 0.6) is 0 Å². The van der Waals surface area contributed by atoms with E-state index in [0.29, 0.717) is 20.1 Å². The maximum atomic E-state index is 11.2. The van der Waals surface area contributed by atoms with Crippen LogP contribution in [0.25, 0.3) is 0 Å². The molecule has 11 nitrogen and oxygen atoms in total. The fourth-order valence-corrected chi connectivity index (χ4v) is 3.11. The highest BCUT2D eigenvalue weighted by molar-refractivity contribution is 7.72. The quantitative estimate of drug-likeness (QED) is 0.186. The summed E-state index contributed by atoms with van der Waals surface area (Å²) in [6.07, 6.45) is 0. The molecule has 0 atom stereocenters. The molecule has 0 heterocycles. The molecule has 0 radical (unpaired) electrons. The normalized spacial score (nSPS) is 13.5. The smallest absolute Gasteiger partial charge is 0.369 e. The third kappa shape index (κ3) is 8.67. The zero-order chi connectivity index (χ0) is 18.0. The van der Waals surface area contributed by atoms with Crippen molar-refractivity contribution in [3.63, 3.8) is 0 Å². The van der Waals surface area contributed by atoms with E-state index >= 15 is 0 Å². The summed E-state index contributed by atoms with van der Waals surface area (Å²) >= 11 is 0. The van der Waals surface area contributed by atoms with E-state index in [4.69, 9.17) is 43.6 Å². The summed E-state index contributed by atoms with van der Waals surface area (Å²) in [5.74, 6) is 0. The fourth-order valence-electron chi connectivity index (χ4n) is 1.24. The van der Waals surface area contributed by atoms with Crippen molar-refractivity contribution in [3.05, 3.63) is 0 Å². The molecule has 0 fully saturated rings. The summed E-state index contributed by atoms with van der Waals surface area (Å²) in [6.45, 7) is 1.32. The first-order chi connectivity index (χ1) is 10.6. The monoisotopic (exact) mass is 382 g/mol. The molecule has 0 aliphatic rings. The van der Waals surface area contributed by atoms with Gasteiger partial charge in [0.1, 0.15) is 0 Å². The zero-order valence-electron chi connectivity index (χ0n) is 12.7. The van der Waals surface area contributed by atoms with Crippen LogP contribution in [0.3, 0.4) is 0 Å². The minimum Gasteiger partial charge on any atom is -0.394 e. The molecule has 0 saturated heterocycles. The highest BCUT2D eigenvalue weighted by Gasteiger charge is 2.57. The van der Waals surface area contributed by atoms with Crippen molar-refractivity contribution >= 4 is 15.2 Å². The van der Waals surface area contributed by atoms with Crippen molar-refractivity contribution in [1.82, 2.24) is 0 Å². The third-order valence-electron chi connectivity index (χ3n) is 2.66. The van der Waals surface area contributed by atoms with Gasteiger partial charge in [0, 0.05) is 0 Å². The van der Waals surface area contributed by atoms with Gasteiger partial charge in [0.25, 0.3) is 5.08 Å². The van der Waals surface area contributed by atoms with Gasteiger partial charge < -0.3 is 43.6 Å². The Morgan fingerprint density at radius 3 is 1.43 bits per heavy atom. The van der Waals surface area contributed by atoms with Crippen LogP contribution in [0.4, 0.5) is 0 Å². The number of hydrogen-bond donors (Lipinski definition) is 5. The van der Waals surface area contributed by atoms with Crippen LogP contribution in [0.1, 0.15) is 6.92 Å². The molecule has 13 heteroatoms. The molecule has 0 aliphatic heterocycles.